The van der Waals surface area contributed by atoms with E-state index < -0.39 is 0 Å². The molecule has 0 atom stereocenters. The number of carbonyl (C=O) groups is 1. The molecule has 4 heteroatoms. The smallest absolute Gasteiger partial charge is 0.153 e. The lowest BCUT2D eigenvalue weighted by molar-refractivity contribution is 0.112. The fraction of sp³-hybridized carbons (Fsp3) is 0.333. The number of benzene rings is 1. The number of hydrogen-bond acceptors (Lipinski definition) is 3. The number of carbonyl (C=O) groups excluding carboxylic acids is 1. The molecule has 100 valence electrons. The van der Waals surface area contributed by atoms with Crippen LogP contribution >= 0.6 is 0 Å². The van der Waals surface area contributed by atoms with E-state index in [0.717, 1.165) is 28.8 Å². The van der Waals surface area contributed by atoms with Gasteiger partial charge in [0, 0.05) is 18.3 Å². The average molecular weight is 258 g/mol. The number of aldehydes is 1. The molecule has 1 heterocycles. The molecule has 0 bridgehead atoms. The Morgan fingerprint density at radius 1 is 1.37 bits per heavy atom. The summed E-state index contributed by atoms with van der Waals surface area (Å²) in [7, 11) is 1.92. The van der Waals surface area contributed by atoms with Crippen LogP contribution in [0, 0.1) is 13.8 Å². The molecule has 1 aromatic carbocycles. The van der Waals surface area contributed by atoms with Crippen molar-refractivity contribution in [2.24, 2.45) is 7.05 Å². The van der Waals surface area contributed by atoms with E-state index in [2.05, 4.69) is 5.10 Å². The van der Waals surface area contributed by atoms with Crippen LogP contribution in [-0.4, -0.2) is 22.7 Å². The lowest BCUT2D eigenvalue weighted by atomic mass is 10.0. The van der Waals surface area contributed by atoms with Crippen LogP contribution < -0.4 is 4.74 Å². The van der Waals surface area contributed by atoms with Gasteiger partial charge in [0.15, 0.2) is 6.29 Å². The molecule has 0 radical (unpaired) electrons. The number of nitrogens with zero attached hydrogens (tertiary/aromatic N) is 2. The molecule has 1 aromatic heterocycles. The molecule has 0 aliphatic heterocycles. The Labute approximate surface area is 113 Å². The third kappa shape index (κ3) is 2.38. The van der Waals surface area contributed by atoms with Crippen LogP contribution in [0.2, 0.25) is 0 Å². The van der Waals surface area contributed by atoms with Gasteiger partial charge in [-0.2, -0.15) is 5.10 Å². The second kappa shape index (κ2) is 5.26. The summed E-state index contributed by atoms with van der Waals surface area (Å²) >= 11 is 0. The van der Waals surface area contributed by atoms with Crippen molar-refractivity contribution >= 4 is 6.29 Å². The summed E-state index contributed by atoms with van der Waals surface area (Å²) in [5.74, 6) is 0.625. The van der Waals surface area contributed by atoms with E-state index in [1.807, 2.05) is 50.7 Å². The molecule has 0 aliphatic carbocycles. The highest BCUT2D eigenvalue weighted by Gasteiger charge is 2.13. The summed E-state index contributed by atoms with van der Waals surface area (Å²) in [6, 6.07) is 5.67. The van der Waals surface area contributed by atoms with Gasteiger partial charge in [-0.1, -0.05) is 6.07 Å². The molecule has 0 N–H and O–H groups in total. The highest BCUT2D eigenvalue weighted by Crippen LogP contribution is 2.30. The SMILES string of the molecule is CCOc1ccc(-c2c(C)nn(C)c2C)cc1C=O. The minimum atomic E-state index is 0.547. The summed E-state index contributed by atoms with van der Waals surface area (Å²) in [6.07, 6.45) is 0.829. The van der Waals surface area contributed by atoms with Crippen molar-refractivity contribution in [2.75, 3.05) is 6.61 Å². The summed E-state index contributed by atoms with van der Waals surface area (Å²) in [5.41, 5.74) is 4.68. The van der Waals surface area contributed by atoms with Crippen molar-refractivity contribution in [1.82, 2.24) is 9.78 Å². The standard InChI is InChI=1S/C15H18N2O2/c1-5-19-14-7-6-12(8-13(14)9-18)15-10(2)16-17(4)11(15)3/h6-9H,5H2,1-4H3. The summed E-state index contributed by atoms with van der Waals surface area (Å²) in [5, 5.41) is 4.40. The van der Waals surface area contributed by atoms with Crippen LogP contribution in [-0.2, 0) is 7.05 Å². The van der Waals surface area contributed by atoms with Gasteiger partial charge in [0.05, 0.1) is 17.9 Å². The van der Waals surface area contributed by atoms with E-state index in [0.29, 0.717) is 17.9 Å². The Hall–Kier alpha value is -2.10. The fourth-order valence-corrected chi connectivity index (χ4v) is 2.27. The van der Waals surface area contributed by atoms with Gasteiger partial charge in [0.1, 0.15) is 5.75 Å². The molecule has 19 heavy (non-hydrogen) atoms. The van der Waals surface area contributed by atoms with Crippen LogP contribution in [0.5, 0.6) is 5.75 Å². The number of rotatable bonds is 4. The van der Waals surface area contributed by atoms with Crippen LogP contribution in [0.1, 0.15) is 28.7 Å². The molecular weight excluding hydrogens is 240 g/mol. The first-order chi connectivity index (χ1) is 9.08. The molecule has 4 nitrogen and oxygen atoms in total. The molecule has 0 fully saturated rings. The molecule has 0 amide bonds. The van der Waals surface area contributed by atoms with Crippen LogP contribution in [0.25, 0.3) is 11.1 Å². The second-order valence-electron chi connectivity index (χ2n) is 4.47. The van der Waals surface area contributed by atoms with Gasteiger partial charge in [-0.05, 0) is 38.5 Å². The van der Waals surface area contributed by atoms with E-state index in [-0.39, 0.29) is 0 Å². The quantitative estimate of drug-likeness (QED) is 0.792. The predicted octanol–water partition coefficient (Wildman–Crippen LogP) is 2.92. The molecule has 0 aliphatic rings. The van der Waals surface area contributed by atoms with E-state index in [1.165, 1.54) is 0 Å². The minimum Gasteiger partial charge on any atom is -0.493 e. The van der Waals surface area contributed by atoms with E-state index >= 15 is 0 Å². The van der Waals surface area contributed by atoms with E-state index in [9.17, 15) is 4.79 Å². The maximum atomic E-state index is 11.2. The zero-order chi connectivity index (χ0) is 14.0. The second-order valence-corrected chi connectivity index (χ2v) is 4.47. The minimum absolute atomic E-state index is 0.547. The summed E-state index contributed by atoms with van der Waals surface area (Å²) in [4.78, 5) is 11.2. The first-order valence-electron chi connectivity index (χ1n) is 6.31. The number of hydrogen-bond donors (Lipinski definition) is 0. The molecule has 2 aromatic rings. The van der Waals surface area contributed by atoms with Crippen molar-refractivity contribution in [2.45, 2.75) is 20.8 Å². The third-order valence-corrected chi connectivity index (χ3v) is 3.23. The zero-order valence-corrected chi connectivity index (χ0v) is 11.7. The number of aromatic nitrogens is 2. The lowest BCUT2D eigenvalue weighted by Crippen LogP contribution is -1.97. The van der Waals surface area contributed by atoms with Gasteiger partial charge in [-0.3, -0.25) is 9.48 Å². The third-order valence-electron chi connectivity index (χ3n) is 3.23. The Balaban J connectivity index is 2.54. The van der Waals surface area contributed by atoms with Crippen molar-refractivity contribution in [3.8, 4) is 16.9 Å². The van der Waals surface area contributed by atoms with Gasteiger partial charge in [0.25, 0.3) is 0 Å². The van der Waals surface area contributed by atoms with Crippen molar-refractivity contribution in [3.63, 3.8) is 0 Å². The topological polar surface area (TPSA) is 44.1 Å². The summed E-state index contributed by atoms with van der Waals surface area (Å²) in [6.45, 7) is 6.44. The van der Waals surface area contributed by atoms with Crippen molar-refractivity contribution in [1.29, 1.82) is 0 Å². The zero-order valence-electron chi connectivity index (χ0n) is 11.7. The Kier molecular flexibility index (Phi) is 3.69. The van der Waals surface area contributed by atoms with Crippen molar-refractivity contribution in [3.05, 3.63) is 35.2 Å². The molecule has 0 spiro atoms. The Bertz CT molecular complexity index is 615. The van der Waals surface area contributed by atoms with Crippen LogP contribution in [0.3, 0.4) is 0 Å². The average Bonchev–Trinajstić information content (AvgIpc) is 2.64. The number of ether oxygens (including phenoxy) is 1. The highest BCUT2D eigenvalue weighted by molar-refractivity contribution is 5.83. The highest BCUT2D eigenvalue weighted by atomic mass is 16.5. The maximum Gasteiger partial charge on any atom is 0.153 e. The predicted molar refractivity (Wildman–Crippen MR) is 74.7 cm³/mol. The summed E-state index contributed by atoms with van der Waals surface area (Å²) < 4.78 is 7.28. The number of aryl methyl sites for hydroxylation is 2. The normalized spacial score (nSPS) is 10.5. The first kappa shape index (κ1) is 13.3. The van der Waals surface area contributed by atoms with Crippen LogP contribution in [0.4, 0.5) is 0 Å². The molecule has 0 saturated carbocycles. The molecular formula is C15H18N2O2. The van der Waals surface area contributed by atoms with Gasteiger partial charge < -0.3 is 4.74 Å². The van der Waals surface area contributed by atoms with Gasteiger partial charge in [0.2, 0.25) is 0 Å². The molecule has 0 unspecified atom stereocenters. The largest absolute Gasteiger partial charge is 0.493 e. The monoisotopic (exact) mass is 258 g/mol. The van der Waals surface area contributed by atoms with Crippen LogP contribution in [0.15, 0.2) is 18.2 Å². The maximum absolute atomic E-state index is 11.2. The van der Waals surface area contributed by atoms with Crippen molar-refractivity contribution < 1.29 is 9.53 Å². The van der Waals surface area contributed by atoms with E-state index in [1.54, 1.807) is 0 Å². The van der Waals surface area contributed by atoms with Gasteiger partial charge >= 0.3 is 0 Å². The van der Waals surface area contributed by atoms with Gasteiger partial charge in [-0.15, -0.1) is 0 Å². The Morgan fingerprint density at radius 3 is 2.63 bits per heavy atom. The van der Waals surface area contributed by atoms with E-state index in [4.69, 9.17) is 4.74 Å². The Morgan fingerprint density at radius 2 is 2.11 bits per heavy atom. The first-order valence-corrected chi connectivity index (χ1v) is 6.31. The van der Waals surface area contributed by atoms with Gasteiger partial charge in [-0.25, -0.2) is 0 Å². The fourth-order valence-electron chi connectivity index (χ4n) is 2.27. The molecule has 2 rings (SSSR count). The lowest BCUT2D eigenvalue weighted by Gasteiger charge is -2.09. The molecule has 0 saturated heterocycles.